The maximum absolute atomic E-state index is 9.91. The first-order valence-electron chi connectivity index (χ1n) is 6.35. The molecule has 4 nitrogen and oxygen atoms in total. The third-order valence-corrected chi connectivity index (χ3v) is 3.21. The lowest BCUT2D eigenvalue weighted by Gasteiger charge is -2.20. The Morgan fingerprint density at radius 1 is 0.950 bits per heavy atom. The van der Waals surface area contributed by atoms with Crippen molar-refractivity contribution in [1.82, 2.24) is 0 Å². The van der Waals surface area contributed by atoms with Crippen molar-refractivity contribution in [2.24, 2.45) is 0 Å². The highest BCUT2D eigenvalue weighted by Gasteiger charge is 2.08. The molecule has 0 aliphatic rings. The fourth-order valence-electron chi connectivity index (χ4n) is 2.00. The number of ether oxygens (including phenoxy) is 2. The van der Waals surface area contributed by atoms with Crippen LogP contribution in [0.1, 0.15) is 5.56 Å². The first-order chi connectivity index (χ1) is 9.63. The van der Waals surface area contributed by atoms with Gasteiger partial charge in [-0.2, -0.15) is 0 Å². The van der Waals surface area contributed by atoms with Gasteiger partial charge in [0, 0.05) is 24.8 Å². The van der Waals surface area contributed by atoms with Crippen LogP contribution in [0.4, 0.5) is 5.69 Å². The highest BCUT2D eigenvalue weighted by molar-refractivity contribution is 5.50. The van der Waals surface area contributed by atoms with Gasteiger partial charge in [0.05, 0.1) is 14.2 Å². The molecule has 2 rings (SSSR count). The Morgan fingerprint density at radius 2 is 1.55 bits per heavy atom. The van der Waals surface area contributed by atoms with E-state index in [0.29, 0.717) is 6.54 Å². The average molecular weight is 273 g/mol. The second-order valence-electron chi connectivity index (χ2n) is 4.55. The molecule has 20 heavy (non-hydrogen) atoms. The van der Waals surface area contributed by atoms with Crippen molar-refractivity contribution in [1.29, 1.82) is 0 Å². The molecule has 2 aromatic carbocycles. The van der Waals surface area contributed by atoms with Gasteiger partial charge in [0.2, 0.25) is 0 Å². The molecule has 0 aliphatic heterocycles. The van der Waals surface area contributed by atoms with Crippen molar-refractivity contribution < 1.29 is 14.6 Å². The van der Waals surface area contributed by atoms with Gasteiger partial charge in [-0.05, 0) is 42.5 Å². The third-order valence-electron chi connectivity index (χ3n) is 3.21. The van der Waals surface area contributed by atoms with E-state index in [-0.39, 0.29) is 5.75 Å². The van der Waals surface area contributed by atoms with E-state index < -0.39 is 0 Å². The molecule has 0 aliphatic carbocycles. The van der Waals surface area contributed by atoms with Crippen LogP contribution in [0.15, 0.2) is 42.5 Å². The summed E-state index contributed by atoms with van der Waals surface area (Å²) in [6, 6.07) is 13.0. The molecule has 0 aromatic heterocycles. The number of phenolic OH excluding ortho intramolecular Hbond substituents is 1. The van der Waals surface area contributed by atoms with Gasteiger partial charge in [-0.3, -0.25) is 0 Å². The van der Waals surface area contributed by atoms with Gasteiger partial charge in [0.1, 0.15) is 17.2 Å². The molecule has 0 atom stereocenters. The standard InChI is InChI=1S/C16H19NO3/c1-17(13-4-6-14(19-2)7-5-13)11-12-10-15(20-3)8-9-16(12)18/h4-10,18H,11H2,1-3H3. The Bertz CT molecular complexity index is 566. The minimum Gasteiger partial charge on any atom is -0.508 e. The molecule has 106 valence electrons. The molecule has 0 fully saturated rings. The monoisotopic (exact) mass is 273 g/mol. The van der Waals surface area contributed by atoms with Crippen molar-refractivity contribution in [3.63, 3.8) is 0 Å². The molecule has 1 N–H and O–H groups in total. The van der Waals surface area contributed by atoms with Crippen LogP contribution >= 0.6 is 0 Å². The third kappa shape index (κ3) is 3.15. The minimum atomic E-state index is 0.270. The lowest BCUT2D eigenvalue weighted by molar-refractivity contribution is 0.410. The summed E-state index contributed by atoms with van der Waals surface area (Å²) in [4.78, 5) is 2.05. The Balaban J connectivity index is 2.15. The first-order valence-corrected chi connectivity index (χ1v) is 6.35. The number of phenols is 1. The highest BCUT2D eigenvalue weighted by Crippen LogP contribution is 2.26. The van der Waals surface area contributed by atoms with E-state index in [0.717, 1.165) is 22.7 Å². The van der Waals surface area contributed by atoms with Crippen molar-refractivity contribution in [3.8, 4) is 17.2 Å². The van der Waals surface area contributed by atoms with Crippen LogP contribution in [0.2, 0.25) is 0 Å². The molecule has 0 amide bonds. The van der Waals surface area contributed by atoms with Crippen LogP contribution in [0, 0.1) is 0 Å². The molecule has 0 spiro atoms. The van der Waals surface area contributed by atoms with Crippen molar-refractivity contribution in [2.45, 2.75) is 6.54 Å². The molecule has 0 unspecified atom stereocenters. The maximum atomic E-state index is 9.91. The largest absolute Gasteiger partial charge is 0.508 e. The van der Waals surface area contributed by atoms with E-state index in [9.17, 15) is 5.11 Å². The number of benzene rings is 2. The smallest absolute Gasteiger partial charge is 0.120 e. The number of nitrogens with zero attached hydrogens (tertiary/aromatic N) is 1. The molecular formula is C16H19NO3. The second-order valence-corrected chi connectivity index (χ2v) is 4.55. The van der Waals surface area contributed by atoms with Crippen LogP contribution in [0.3, 0.4) is 0 Å². The predicted octanol–water partition coefficient (Wildman–Crippen LogP) is 3.05. The number of hydrogen-bond donors (Lipinski definition) is 1. The van der Waals surface area contributed by atoms with Gasteiger partial charge >= 0.3 is 0 Å². The van der Waals surface area contributed by atoms with Gasteiger partial charge in [0.15, 0.2) is 0 Å². The van der Waals surface area contributed by atoms with Gasteiger partial charge in [-0.1, -0.05) is 0 Å². The molecular weight excluding hydrogens is 254 g/mol. The summed E-state index contributed by atoms with van der Waals surface area (Å²) in [6.07, 6.45) is 0. The van der Waals surface area contributed by atoms with Crippen molar-refractivity contribution >= 4 is 5.69 Å². The van der Waals surface area contributed by atoms with Gasteiger partial charge < -0.3 is 19.5 Å². The Morgan fingerprint density at radius 3 is 2.15 bits per heavy atom. The Kier molecular flexibility index (Phi) is 4.35. The molecule has 0 saturated heterocycles. The molecule has 0 bridgehead atoms. The van der Waals surface area contributed by atoms with E-state index >= 15 is 0 Å². The van der Waals surface area contributed by atoms with Crippen LogP contribution < -0.4 is 14.4 Å². The summed E-state index contributed by atoms with van der Waals surface area (Å²) in [5.74, 6) is 1.83. The summed E-state index contributed by atoms with van der Waals surface area (Å²) in [5, 5.41) is 9.91. The SMILES string of the molecule is COc1ccc(N(C)Cc2cc(OC)ccc2O)cc1. The number of rotatable bonds is 5. The number of aromatic hydroxyl groups is 1. The Labute approximate surface area is 119 Å². The quantitative estimate of drug-likeness (QED) is 0.909. The molecule has 4 heteroatoms. The summed E-state index contributed by atoms with van der Waals surface area (Å²) in [7, 11) is 5.23. The van der Waals surface area contributed by atoms with E-state index in [2.05, 4.69) is 0 Å². The zero-order valence-corrected chi connectivity index (χ0v) is 12.0. The summed E-state index contributed by atoms with van der Waals surface area (Å²) in [6.45, 7) is 0.593. The fraction of sp³-hybridized carbons (Fsp3) is 0.250. The maximum Gasteiger partial charge on any atom is 0.120 e. The lowest BCUT2D eigenvalue weighted by atomic mass is 10.1. The lowest BCUT2D eigenvalue weighted by Crippen LogP contribution is -2.16. The zero-order valence-electron chi connectivity index (χ0n) is 12.0. The molecule has 0 saturated carbocycles. The van der Waals surface area contributed by atoms with E-state index in [1.165, 1.54) is 0 Å². The normalized spacial score (nSPS) is 10.2. The summed E-state index contributed by atoms with van der Waals surface area (Å²) >= 11 is 0. The van der Waals surface area contributed by atoms with Crippen molar-refractivity contribution in [2.75, 3.05) is 26.2 Å². The molecule has 0 radical (unpaired) electrons. The number of anilines is 1. The van der Waals surface area contributed by atoms with Gasteiger partial charge in [0.25, 0.3) is 0 Å². The van der Waals surface area contributed by atoms with Crippen LogP contribution in [0.25, 0.3) is 0 Å². The van der Waals surface area contributed by atoms with Crippen molar-refractivity contribution in [3.05, 3.63) is 48.0 Å². The molecule has 0 heterocycles. The van der Waals surface area contributed by atoms with Gasteiger partial charge in [-0.15, -0.1) is 0 Å². The van der Waals surface area contributed by atoms with E-state index in [4.69, 9.17) is 9.47 Å². The predicted molar refractivity (Wildman–Crippen MR) is 79.8 cm³/mol. The fourth-order valence-corrected chi connectivity index (χ4v) is 2.00. The van der Waals surface area contributed by atoms with E-state index in [1.807, 2.05) is 42.3 Å². The summed E-state index contributed by atoms with van der Waals surface area (Å²) in [5.41, 5.74) is 1.87. The minimum absolute atomic E-state index is 0.270. The Hall–Kier alpha value is -2.36. The summed E-state index contributed by atoms with van der Waals surface area (Å²) < 4.78 is 10.3. The number of methoxy groups -OCH3 is 2. The number of hydrogen-bond acceptors (Lipinski definition) is 4. The van der Waals surface area contributed by atoms with Crippen LogP contribution in [-0.2, 0) is 6.54 Å². The zero-order chi connectivity index (χ0) is 14.5. The first kappa shape index (κ1) is 14.1. The second kappa shape index (κ2) is 6.19. The van der Waals surface area contributed by atoms with Crippen LogP contribution in [-0.4, -0.2) is 26.4 Å². The molecule has 2 aromatic rings. The van der Waals surface area contributed by atoms with E-state index in [1.54, 1.807) is 26.4 Å². The van der Waals surface area contributed by atoms with Gasteiger partial charge in [-0.25, -0.2) is 0 Å². The topological polar surface area (TPSA) is 41.9 Å². The highest BCUT2D eigenvalue weighted by atomic mass is 16.5. The van der Waals surface area contributed by atoms with Crippen LogP contribution in [0.5, 0.6) is 17.2 Å². The average Bonchev–Trinajstić information content (AvgIpc) is 2.49.